The van der Waals surface area contributed by atoms with Gasteiger partial charge in [0.1, 0.15) is 0 Å². The molecule has 138 valence electrons. The van der Waals surface area contributed by atoms with E-state index in [-0.39, 0.29) is 12.0 Å². The molecule has 1 saturated heterocycles. The van der Waals surface area contributed by atoms with Gasteiger partial charge >= 0.3 is 6.09 Å². The summed E-state index contributed by atoms with van der Waals surface area (Å²) < 4.78 is 5.01. The molecule has 6 nitrogen and oxygen atoms in total. The first-order valence-electron chi connectivity index (χ1n) is 9.05. The van der Waals surface area contributed by atoms with Gasteiger partial charge < -0.3 is 20.3 Å². The van der Waals surface area contributed by atoms with Crippen molar-refractivity contribution in [2.24, 2.45) is 0 Å². The van der Waals surface area contributed by atoms with Crippen LogP contribution in [0.25, 0.3) is 0 Å². The normalized spacial score (nSPS) is 15.0. The number of rotatable bonds is 7. The molecule has 2 amide bonds. The molecule has 6 heteroatoms. The Morgan fingerprint density at radius 3 is 2.52 bits per heavy atom. The van der Waals surface area contributed by atoms with Crippen LogP contribution >= 0.6 is 0 Å². The molecule has 2 rings (SSSR count). The zero-order valence-electron chi connectivity index (χ0n) is 15.2. The van der Waals surface area contributed by atoms with Gasteiger partial charge in [-0.15, -0.1) is 0 Å². The van der Waals surface area contributed by atoms with Crippen molar-refractivity contribution < 1.29 is 14.3 Å². The summed E-state index contributed by atoms with van der Waals surface area (Å²) in [6.07, 6.45) is 2.02. The highest BCUT2D eigenvalue weighted by Crippen LogP contribution is 2.11. The number of benzene rings is 1. The third-order valence-electron chi connectivity index (χ3n) is 4.42. The number of ether oxygens (including phenoxy) is 1. The monoisotopic (exact) mass is 347 g/mol. The smallest absolute Gasteiger partial charge is 0.409 e. The van der Waals surface area contributed by atoms with Crippen molar-refractivity contribution in [1.82, 2.24) is 15.5 Å². The van der Waals surface area contributed by atoms with Crippen molar-refractivity contribution in [1.29, 1.82) is 0 Å². The van der Waals surface area contributed by atoms with Gasteiger partial charge in [0.2, 0.25) is 5.91 Å². The summed E-state index contributed by atoms with van der Waals surface area (Å²) in [4.78, 5) is 25.3. The Morgan fingerprint density at radius 2 is 1.88 bits per heavy atom. The van der Waals surface area contributed by atoms with Gasteiger partial charge in [-0.3, -0.25) is 4.79 Å². The second-order valence-corrected chi connectivity index (χ2v) is 6.43. The van der Waals surface area contributed by atoms with Gasteiger partial charge in [-0.2, -0.15) is 0 Å². The second-order valence-electron chi connectivity index (χ2n) is 6.43. The number of nitrogens with one attached hydrogen (secondary N) is 2. The van der Waals surface area contributed by atoms with Crippen LogP contribution in [-0.4, -0.2) is 49.2 Å². The molecule has 1 aromatic carbocycles. The summed E-state index contributed by atoms with van der Waals surface area (Å²) >= 11 is 0. The van der Waals surface area contributed by atoms with Crippen LogP contribution in [0.1, 0.15) is 37.3 Å². The van der Waals surface area contributed by atoms with Crippen LogP contribution in [0.3, 0.4) is 0 Å². The Kier molecular flexibility index (Phi) is 7.73. The fraction of sp³-hybridized carbons (Fsp3) is 0.579. The highest BCUT2D eigenvalue weighted by molar-refractivity contribution is 5.76. The van der Waals surface area contributed by atoms with Gasteiger partial charge in [-0.25, -0.2) is 4.79 Å². The maximum absolute atomic E-state index is 11.9. The van der Waals surface area contributed by atoms with Gasteiger partial charge in [-0.1, -0.05) is 29.8 Å². The third-order valence-corrected chi connectivity index (χ3v) is 4.42. The van der Waals surface area contributed by atoms with Crippen LogP contribution in [0.4, 0.5) is 4.79 Å². The summed E-state index contributed by atoms with van der Waals surface area (Å²) in [5, 5.41) is 6.35. The Hall–Kier alpha value is -2.08. The number of carbonyl (C=O) groups is 2. The fourth-order valence-electron chi connectivity index (χ4n) is 2.87. The highest BCUT2D eigenvalue weighted by atomic mass is 16.6. The Bertz CT molecular complexity index is 552. The molecule has 0 radical (unpaired) electrons. The van der Waals surface area contributed by atoms with E-state index < -0.39 is 0 Å². The van der Waals surface area contributed by atoms with Gasteiger partial charge in [0.25, 0.3) is 0 Å². The van der Waals surface area contributed by atoms with E-state index in [0.717, 1.165) is 18.4 Å². The molecule has 0 atom stereocenters. The van der Waals surface area contributed by atoms with Crippen LogP contribution in [0.5, 0.6) is 0 Å². The van der Waals surface area contributed by atoms with Crippen LogP contribution in [0, 0.1) is 6.92 Å². The lowest BCUT2D eigenvalue weighted by molar-refractivity contribution is -0.121. The minimum atomic E-state index is -0.226. The molecule has 0 spiro atoms. The first-order valence-corrected chi connectivity index (χ1v) is 9.05. The summed E-state index contributed by atoms with van der Waals surface area (Å²) in [7, 11) is 0. The van der Waals surface area contributed by atoms with Crippen molar-refractivity contribution in [3.8, 4) is 0 Å². The van der Waals surface area contributed by atoms with Gasteiger partial charge in [0.05, 0.1) is 6.61 Å². The van der Waals surface area contributed by atoms with Crippen molar-refractivity contribution in [3.05, 3.63) is 35.4 Å². The molecule has 0 aromatic heterocycles. The number of nitrogens with zero attached hydrogens (tertiary/aromatic N) is 1. The van der Waals surface area contributed by atoms with Crippen molar-refractivity contribution in [2.75, 3.05) is 26.2 Å². The van der Waals surface area contributed by atoms with Crippen molar-refractivity contribution in [2.45, 2.75) is 45.7 Å². The Morgan fingerprint density at radius 1 is 1.20 bits per heavy atom. The van der Waals surface area contributed by atoms with Crippen LogP contribution in [-0.2, 0) is 16.1 Å². The summed E-state index contributed by atoms with van der Waals surface area (Å²) in [5.74, 6) is 0.0528. The number of hydrogen-bond donors (Lipinski definition) is 2. The molecule has 2 N–H and O–H groups in total. The lowest BCUT2D eigenvalue weighted by Crippen LogP contribution is -2.45. The number of piperidine rings is 1. The average molecular weight is 347 g/mol. The number of likely N-dealkylation sites (tertiary alicyclic amines) is 1. The summed E-state index contributed by atoms with van der Waals surface area (Å²) in [5.41, 5.74) is 2.33. The molecule has 0 unspecified atom stereocenters. The summed E-state index contributed by atoms with van der Waals surface area (Å²) in [6, 6.07) is 8.52. The Balaban J connectivity index is 1.57. The van der Waals surface area contributed by atoms with Crippen molar-refractivity contribution in [3.63, 3.8) is 0 Å². The molecular formula is C19H29N3O3. The standard InChI is InChI=1S/C19H29N3O3/c1-3-25-19(24)22-12-9-17(10-13-22)20-11-8-18(23)21-14-16-6-4-15(2)5-7-16/h4-7,17,20H,3,8-14H2,1-2H3,(H,21,23). The number of carbonyl (C=O) groups excluding carboxylic acids is 2. The van der Waals surface area contributed by atoms with E-state index >= 15 is 0 Å². The predicted octanol–water partition coefficient (Wildman–Crippen LogP) is 2.21. The molecule has 1 fully saturated rings. The number of amides is 2. The molecular weight excluding hydrogens is 318 g/mol. The predicted molar refractivity (Wildman–Crippen MR) is 97.3 cm³/mol. The molecule has 0 bridgehead atoms. The van der Waals surface area contributed by atoms with E-state index in [1.807, 2.05) is 38.1 Å². The first-order chi connectivity index (χ1) is 12.1. The SMILES string of the molecule is CCOC(=O)N1CCC(NCCC(=O)NCc2ccc(C)cc2)CC1. The second kappa shape index (κ2) is 10.0. The van der Waals surface area contributed by atoms with Gasteiger partial charge in [-0.05, 0) is 32.3 Å². The number of hydrogen-bond acceptors (Lipinski definition) is 4. The zero-order chi connectivity index (χ0) is 18.1. The Labute approximate surface area is 149 Å². The van der Waals surface area contributed by atoms with Crippen molar-refractivity contribution >= 4 is 12.0 Å². The molecule has 1 heterocycles. The molecule has 25 heavy (non-hydrogen) atoms. The van der Waals surface area contributed by atoms with E-state index in [2.05, 4.69) is 10.6 Å². The maximum atomic E-state index is 11.9. The van der Waals surface area contributed by atoms with Gasteiger partial charge in [0, 0.05) is 38.6 Å². The van der Waals surface area contributed by atoms with E-state index in [1.165, 1.54) is 5.56 Å². The van der Waals surface area contributed by atoms with E-state index in [9.17, 15) is 9.59 Å². The van der Waals surface area contributed by atoms with Crippen LogP contribution in [0.15, 0.2) is 24.3 Å². The lowest BCUT2D eigenvalue weighted by Gasteiger charge is -2.31. The summed E-state index contributed by atoms with van der Waals surface area (Å²) in [6.45, 7) is 6.91. The molecule has 1 aromatic rings. The van der Waals surface area contributed by atoms with Crippen LogP contribution < -0.4 is 10.6 Å². The quantitative estimate of drug-likeness (QED) is 0.793. The average Bonchev–Trinajstić information content (AvgIpc) is 2.62. The fourth-order valence-corrected chi connectivity index (χ4v) is 2.87. The number of aryl methyl sites for hydroxylation is 1. The van der Waals surface area contributed by atoms with Gasteiger partial charge in [0.15, 0.2) is 0 Å². The largest absolute Gasteiger partial charge is 0.450 e. The molecule has 1 aliphatic rings. The third kappa shape index (κ3) is 6.74. The molecule has 0 saturated carbocycles. The molecule has 1 aliphatic heterocycles. The van der Waals surface area contributed by atoms with E-state index in [0.29, 0.717) is 45.2 Å². The highest BCUT2D eigenvalue weighted by Gasteiger charge is 2.23. The lowest BCUT2D eigenvalue weighted by atomic mass is 10.1. The van der Waals surface area contributed by atoms with Crippen LogP contribution in [0.2, 0.25) is 0 Å². The first kappa shape index (κ1) is 19.2. The van der Waals surface area contributed by atoms with E-state index in [1.54, 1.807) is 4.90 Å². The molecule has 0 aliphatic carbocycles. The van der Waals surface area contributed by atoms with E-state index in [4.69, 9.17) is 4.74 Å². The minimum Gasteiger partial charge on any atom is -0.450 e. The maximum Gasteiger partial charge on any atom is 0.409 e. The topological polar surface area (TPSA) is 70.7 Å². The zero-order valence-corrected chi connectivity index (χ0v) is 15.2. The minimum absolute atomic E-state index is 0.0528.